The van der Waals surface area contributed by atoms with Crippen LogP contribution in [0.5, 0.6) is 5.75 Å². The average Bonchev–Trinajstić information content (AvgIpc) is 2.80. The number of carbonyl (C=O) groups excluding carboxylic acids is 1. The quantitative estimate of drug-likeness (QED) is 0.548. The van der Waals surface area contributed by atoms with Gasteiger partial charge in [-0.3, -0.25) is 4.79 Å². The normalized spacial score (nSPS) is 27.2. The fourth-order valence-electron chi connectivity index (χ4n) is 4.48. The molecule has 1 fully saturated rings. The number of ether oxygens (including phenoxy) is 4. The minimum absolute atomic E-state index is 0.201. The molecule has 6 nitrogen and oxygen atoms in total. The number of benzene rings is 2. The van der Waals surface area contributed by atoms with E-state index in [2.05, 4.69) is 0 Å². The number of halogens is 1. The van der Waals surface area contributed by atoms with Crippen LogP contribution in [0, 0.1) is 5.92 Å². The molecule has 0 aromatic heterocycles. The molecular formula is C26H33ClO6. The number of esters is 1. The summed E-state index contributed by atoms with van der Waals surface area (Å²) in [5.74, 6) is -1.34. The van der Waals surface area contributed by atoms with E-state index in [1.54, 1.807) is 12.1 Å². The van der Waals surface area contributed by atoms with Crippen LogP contribution in [0.3, 0.4) is 0 Å². The highest BCUT2D eigenvalue weighted by molar-refractivity contribution is 6.31. The monoisotopic (exact) mass is 476 g/mol. The first-order chi connectivity index (χ1) is 15.7. The third kappa shape index (κ3) is 5.35. The van der Waals surface area contributed by atoms with Crippen molar-refractivity contribution >= 4 is 17.6 Å². The Labute approximate surface area is 200 Å². The highest BCUT2D eigenvalue weighted by Gasteiger charge is 2.55. The molecule has 0 unspecified atom stereocenters. The fraction of sp³-hybridized carbons (Fsp3) is 0.500. The molecule has 1 aliphatic rings. The van der Waals surface area contributed by atoms with E-state index in [1.165, 1.54) is 14.0 Å². The number of hydrogen-bond donors (Lipinski definition) is 1. The molecule has 5 atom stereocenters. The minimum Gasteiger partial charge on any atom is -0.494 e. The summed E-state index contributed by atoms with van der Waals surface area (Å²) in [6.07, 6.45) is -1.02. The predicted molar refractivity (Wildman–Crippen MR) is 126 cm³/mol. The van der Waals surface area contributed by atoms with E-state index in [-0.39, 0.29) is 12.0 Å². The minimum atomic E-state index is -1.49. The van der Waals surface area contributed by atoms with Crippen LogP contribution in [-0.2, 0) is 31.2 Å². The number of carbonyl (C=O) groups is 1. The molecule has 0 amide bonds. The van der Waals surface area contributed by atoms with Crippen molar-refractivity contribution in [3.8, 4) is 5.75 Å². The molecule has 1 aliphatic heterocycles. The largest absolute Gasteiger partial charge is 0.494 e. The fourth-order valence-corrected chi connectivity index (χ4v) is 4.66. The van der Waals surface area contributed by atoms with Gasteiger partial charge in [0.05, 0.1) is 12.7 Å². The number of aliphatic hydroxyl groups is 1. The second kappa shape index (κ2) is 10.9. The Bertz CT molecular complexity index is 946. The molecule has 2 aromatic carbocycles. The molecule has 2 aromatic rings. The van der Waals surface area contributed by atoms with Gasteiger partial charge in [-0.1, -0.05) is 43.6 Å². The SMILES string of the molecule is CCOc1ccc(Cc2cc([C@]3(OC)O[C@H](CC)[C@@H](C)[C@H](OC(C)=O)[C@H]3O)ccc2Cl)cc1. The molecule has 0 bridgehead atoms. The maximum atomic E-state index is 11.8. The van der Waals surface area contributed by atoms with Crippen LogP contribution < -0.4 is 4.74 Å². The molecule has 33 heavy (non-hydrogen) atoms. The number of hydrogen-bond acceptors (Lipinski definition) is 6. The van der Waals surface area contributed by atoms with Crippen LogP contribution in [0.2, 0.25) is 5.02 Å². The zero-order chi connectivity index (χ0) is 24.2. The first kappa shape index (κ1) is 25.5. The van der Waals surface area contributed by atoms with Crippen LogP contribution in [0.1, 0.15) is 50.8 Å². The highest BCUT2D eigenvalue weighted by Crippen LogP contribution is 2.44. The third-order valence-corrected chi connectivity index (χ3v) is 6.59. The maximum Gasteiger partial charge on any atom is 0.303 e. The van der Waals surface area contributed by atoms with Gasteiger partial charge >= 0.3 is 5.97 Å². The van der Waals surface area contributed by atoms with Crippen LogP contribution in [0.15, 0.2) is 42.5 Å². The lowest BCUT2D eigenvalue weighted by Crippen LogP contribution is -2.61. The molecule has 3 rings (SSSR count). The van der Waals surface area contributed by atoms with E-state index in [1.807, 2.05) is 51.1 Å². The maximum absolute atomic E-state index is 11.8. The lowest BCUT2D eigenvalue weighted by atomic mass is 9.82. The summed E-state index contributed by atoms with van der Waals surface area (Å²) >= 11 is 6.53. The zero-order valence-electron chi connectivity index (χ0n) is 19.8. The average molecular weight is 477 g/mol. The first-order valence-electron chi connectivity index (χ1n) is 11.3. The molecular weight excluding hydrogens is 444 g/mol. The standard InChI is InChI=1S/C26H33ClO6/c1-6-23-16(3)24(32-17(4)28)25(29)26(30-5,33-23)20-10-13-22(27)19(15-20)14-18-8-11-21(12-9-18)31-7-2/h8-13,15-16,23-25,29H,6-7,14H2,1-5H3/t16-,23-,24+,25-,26+/m1/s1. The number of methoxy groups -OCH3 is 1. The van der Waals surface area contributed by atoms with E-state index in [0.29, 0.717) is 30.0 Å². The molecule has 0 aliphatic carbocycles. The Kier molecular flexibility index (Phi) is 8.40. The van der Waals surface area contributed by atoms with Gasteiger partial charge in [0.15, 0.2) is 0 Å². The van der Waals surface area contributed by atoms with Gasteiger partial charge in [0.25, 0.3) is 0 Å². The van der Waals surface area contributed by atoms with Gasteiger partial charge in [-0.15, -0.1) is 0 Å². The van der Waals surface area contributed by atoms with E-state index in [0.717, 1.165) is 16.9 Å². The molecule has 7 heteroatoms. The van der Waals surface area contributed by atoms with Crippen molar-refractivity contribution in [1.82, 2.24) is 0 Å². The predicted octanol–water partition coefficient (Wildman–Crippen LogP) is 4.87. The summed E-state index contributed by atoms with van der Waals surface area (Å²) in [5.41, 5.74) is 2.54. The van der Waals surface area contributed by atoms with Crippen LogP contribution in [-0.4, -0.2) is 43.1 Å². The molecule has 180 valence electrons. The van der Waals surface area contributed by atoms with E-state index >= 15 is 0 Å². The van der Waals surface area contributed by atoms with Crippen molar-refractivity contribution in [2.75, 3.05) is 13.7 Å². The van der Waals surface area contributed by atoms with Gasteiger partial charge in [-0.25, -0.2) is 0 Å². The highest BCUT2D eigenvalue weighted by atomic mass is 35.5. The van der Waals surface area contributed by atoms with Crippen LogP contribution in [0.4, 0.5) is 0 Å². The van der Waals surface area contributed by atoms with Gasteiger partial charge in [0, 0.05) is 30.5 Å². The lowest BCUT2D eigenvalue weighted by Gasteiger charge is -2.49. The lowest BCUT2D eigenvalue weighted by molar-refractivity contribution is -0.355. The van der Waals surface area contributed by atoms with Crippen molar-refractivity contribution in [2.45, 2.75) is 64.6 Å². The Morgan fingerprint density at radius 3 is 2.45 bits per heavy atom. The molecule has 0 spiro atoms. The van der Waals surface area contributed by atoms with Gasteiger partial charge in [0.2, 0.25) is 5.79 Å². The summed E-state index contributed by atoms with van der Waals surface area (Å²) in [4.78, 5) is 11.8. The second-order valence-corrected chi connectivity index (χ2v) is 8.78. The van der Waals surface area contributed by atoms with Gasteiger partial charge < -0.3 is 24.1 Å². The van der Waals surface area contributed by atoms with Crippen LogP contribution >= 0.6 is 11.6 Å². The van der Waals surface area contributed by atoms with Crippen molar-refractivity contribution in [3.05, 3.63) is 64.2 Å². The molecule has 1 N–H and O–H groups in total. The van der Waals surface area contributed by atoms with Gasteiger partial charge in [-0.05, 0) is 55.2 Å². The molecule has 1 heterocycles. The Hall–Kier alpha value is -2.12. The summed E-state index contributed by atoms with van der Waals surface area (Å²) in [6.45, 7) is 7.79. The van der Waals surface area contributed by atoms with E-state index < -0.39 is 24.0 Å². The van der Waals surface area contributed by atoms with Crippen molar-refractivity contribution in [3.63, 3.8) is 0 Å². The number of aliphatic hydroxyl groups excluding tert-OH is 1. The van der Waals surface area contributed by atoms with E-state index in [9.17, 15) is 9.90 Å². The summed E-state index contributed by atoms with van der Waals surface area (Å²) in [5, 5.41) is 11.9. The Balaban J connectivity index is 1.97. The summed E-state index contributed by atoms with van der Waals surface area (Å²) in [7, 11) is 1.48. The van der Waals surface area contributed by atoms with E-state index in [4.69, 9.17) is 30.5 Å². The van der Waals surface area contributed by atoms with Crippen molar-refractivity contribution in [2.24, 2.45) is 5.92 Å². The Morgan fingerprint density at radius 1 is 1.18 bits per heavy atom. The molecule has 0 saturated carbocycles. The number of rotatable bonds is 8. The van der Waals surface area contributed by atoms with Crippen molar-refractivity contribution in [1.29, 1.82) is 0 Å². The first-order valence-corrected chi connectivity index (χ1v) is 11.7. The van der Waals surface area contributed by atoms with Gasteiger partial charge in [-0.2, -0.15) is 0 Å². The topological polar surface area (TPSA) is 74.2 Å². The molecule has 0 radical (unpaired) electrons. The second-order valence-electron chi connectivity index (χ2n) is 8.37. The summed E-state index contributed by atoms with van der Waals surface area (Å²) in [6, 6.07) is 13.3. The Morgan fingerprint density at radius 2 is 1.88 bits per heavy atom. The third-order valence-electron chi connectivity index (χ3n) is 6.22. The van der Waals surface area contributed by atoms with Crippen molar-refractivity contribution < 1.29 is 28.8 Å². The van der Waals surface area contributed by atoms with Gasteiger partial charge in [0.1, 0.15) is 18.0 Å². The molecule has 1 saturated heterocycles. The van der Waals surface area contributed by atoms with Crippen LogP contribution in [0.25, 0.3) is 0 Å². The smallest absolute Gasteiger partial charge is 0.303 e. The summed E-state index contributed by atoms with van der Waals surface area (Å²) < 4.78 is 23.2. The zero-order valence-corrected chi connectivity index (χ0v) is 20.6.